The minimum Gasteiger partial charge on any atom is -0.462 e. The van der Waals surface area contributed by atoms with Gasteiger partial charge >= 0.3 is 0 Å². The Labute approximate surface area is 222 Å². The van der Waals surface area contributed by atoms with Crippen LogP contribution in [0.5, 0.6) is 0 Å². The smallest absolute Gasteiger partial charge is 0.185 e. The Kier molecular flexibility index (Phi) is 12.0. The van der Waals surface area contributed by atoms with Gasteiger partial charge in [0.2, 0.25) is 0 Å². The van der Waals surface area contributed by atoms with Gasteiger partial charge in [-0.1, -0.05) is 30.4 Å². The fourth-order valence-corrected chi connectivity index (χ4v) is 5.13. The number of rotatable bonds is 2. The molecule has 3 aromatic rings. The topological polar surface area (TPSA) is 52.5 Å². The molecule has 2 aromatic heterocycles. The highest BCUT2D eigenvalue weighted by Gasteiger charge is 2.45. The van der Waals surface area contributed by atoms with Gasteiger partial charge in [-0.25, -0.2) is 4.39 Å². The van der Waals surface area contributed by atoms with Crippen LogP contribution in [0.25, 0.3) is 10.9 Å². The molecule has 0 amide bonds. The molecule has 1 N–H and O–H groups in total. The second-order valence-electron chi connectivity index (χ2n) is 9.84. The lowest BCUT2D eigenvalue weighted by molar-refractivity contribution is 0.0338. The van der Waals surface area contributed by atoms with E-state index >= 15 is 0 Å². The first kappa shape index (κ1) is 30.3. The molecule has 0 bridgehead atoms. The molecule has 202 valence electrons. The van der Waals surface area contributed by atoms with Crippen molar-refractivity contribution in [2.75, 3.05) is 27.7 Å². The van der Waals surface area contributed by atoms with Gasteiger partial charge in [-0.15, -0.1) is 6.58 Å². The first-order valence-electron chi connectivity index (χ1n) is 13.1. The third kappa shape index (κ3) is 7.76. The number of furan rings is 1. The summed E-state index contributed by atoms with van der Waals surface area (Å²) in [4.78, 5) is 18.6. The van der Waals surface area contributed by atoms with E-state index in [-0.39, 0.29) is 11.4 Å². The summed E-state index contributed by atoms with van der Waals surface area (Å²) >= 11 is 0. The van der Waals surface area contributed by atoms with Crippen LogP contribution < -0.4 is 0 Å². The minimum absolute atomic E-state index is 0.120. The van der Waals surface area contributed by atoms with Gasteiger partial charge in [0, 0.05) is 29.2 Å². The van der Waals surface area contributed by atoms with Crippen LogP contribution in [0.1, 0.15) is 68.3 Å². The zero-order valence-electron chi connectivity index (χ0n) is 23.4. The average molecular weight is 510 g/mol. The Morgan fingerprint density at radius 1 is 1.19 bits per heavy atom. The molecule has 5 nitrogen and oxygen atoms in total. The zero-order valence-corrected chi connectivity index (χ0v) is 23.4. The minimum atomic E-state index is -0.120. The first-order valence-corrected chi connectivity index (χ1v) is 13.1. The largest absolute Gasteiger partial charge is 0.462 e. The standard InChI is InChI=1S/C19H27N3.C5H4O2.C4H7F.C3H6/c1-21(2)14-8-11-19(12-9-14)18-16(10-13-22(19)3)15-6-4-5-7-17(15)20-18;6-4-5-2-1-3-7-5;1-3-4(2)5;1-3-2/h4-7,14,20H,8-13H2,1-3H3;1-4H;3H,1-2H3;3H,1H2,2H3/b;;4-3+;. The van der Waals surface area contributed by atoms with Crippen LogP contribution in [0.15, 0.2) is 71.6 Å². The van der Waals surface area contributed by atoms with E-state index in [4.69, 9.17) is 0 Å². The van der Waals surface area contributed by atoms with Crippen LogP contribution in [0.2, 0.25) is 0 Å². The van der Waals surface area contributed by atoms with Crippen LogP contribution in [-0.4, -0.2) is 54.8 Å². The highest BCUT2D eigenvalue weighted by molar-refractivity contribution is 5.85. The van der Waals surface area contributed by atoms with Crippen molar-refractivity contribution in [3.05, 3.63) is 84.2 Å². The number of nitrogens with one attached hydrogen (secondary N) is 1. The van der Waals surface area contributed by atoms with Crippen LogP contribution in [0, 0.1) is 0 Å². The zero-order chi connectivity index (χ0) is 27.4. The highest BCUT2D eigenvalue weighted by Crippen LogP contribution is 2.47. The number of hydrogen-bond donors (Lipinski definition) is 1. The number of carbonyl (C=O) groups is 1. The number of nitrogens with zero attached hydrogens (tertiary/aromatic N) is 2. The summed E-state index contributed by atoms with van der Waals surface area (Å²) in [6, 6.07) is 12.8. The third-order valence-electron chi connectivity index (χ3n) is 7.28. The molecule has 0 unspecified atom stereocenters. The van der Waals surface area contributed by atoms with Gasteiger partial charge in [0.1, 0.15) is 0 Å². The number of halogens is 1. The van der Waals surface area contributed by atoms with E-state index in [1.807, 2.05) is 6.92 Å². The number of carbonyl (C=O) groups excluding carboxylic acids is 1. The SMILES string of the molecule is C/C=C(\C)F.C=CC.CN(C)C1CCC2(CC1)c1[nH]c3ccccc3c1CCN2C.O=Cc1ccco1. The monoisotopic (exact) mass is 509 g/mol. The van der Waals surface area contributed by atoms with Gasteiger partial charge in [0.05, 0.1) is 17.6 Å². The predicted octanol–water partition coefficient (Wildman–Crippen LogP) is 7.52. The number of allylic oxidation sites excluding steroid dienone is 3. The number of para-hydroxylation sites is 1. The van der Waals surface area contributed by atoms with Gasteiger partial charge in [0.25, 0.3) is 0 Å². The number of benzene rings is 1. The van der Waals surface area contributed by atoms with E-state index in [0.29, 0.717) is 12.0 Å². The Morgan fingerprint density at radius 3 is 2.30 bits per heavy atom. The maximum Gasteiger partial charge on any atom is 0.185 e. The van der Waals surface area contributed by atoms with Crippen LogP contribution in [0.4, 0.5) is 4.39 Å². The molecule has 1 saturated carbocycles. The van der Waals surface area contributed by atoms with Crippen molar-refractivity contribution in [2.24, 2.45) is 0 Å². The molecule has 37 heavy (non-hydrogen) atoms. The Balaban J connectivity index is 0.000000264. The third-order valence-corrected chi connectivity index (χ3v) is 7.28. The van der Waals surface area contributed by atoms with Crippen molar-refractivity contribution in [3.63, 3.8) is 0 Å². The number of hydrogen-bond acceptors (Lipinski definition) is 4. The molecule has 0 atom stereocenters. The van der Waals surface area contributed by atoms with Crippen molar-refractivity contribution in [3.8, 4) is 0 Å². The summed E-state index contributed by atoms with van der Waals surface area (Å²) in [6.07, 6.45) is 11.6. The number of likely N-dealkylation sites (N-methyl/N-ethyl adjacent to an activating group) is 1. The lowest BCUT2D eigenvalue weighted by atomic mass is 9.72. The van der Waals surface area contributed by atoms with E-state index < -0.39 is 0 Å². The van der Waals surface area contributed by atoms with Gasteiger partial charge in [-0.3, -0.25) is 9.69 Å². The fraction of sp³-hybridized carbons (Fsp3) is 0.452. The van der Waals surface area contributed by atoms with E-state index in [1.165, 1.54) is 74.5 Å². The predicted molar refractivity (Wildman–Crippen MR) is 153 cm³/mol. The molecule has 1 fully saturated rings. The molecular formula is C31H44FN3O2. The van der Waals surface area contributed by atoms with Crippen molar-refractivity contribution >= 4 is 17.2 Å². The average Bonchev–Trinajstić information content (AvgIpc) is 3.56. The van der Waals surface area contributed by atoms with Crippen molar-refractivity contribution in [1.29, 1.82) is 0 Å². The van der Waals surface area contributed by atoms with Gasteiger partial charge in [0.15, 0.2) is 12.0 Å². The molecule has 1 aliphatic carbocycles. The Hall–Kier alpha value is -2.96. The molecule has 5 rings (SSSR count). The number of aromatic amines is 1. The molecule has 3 heterocycles. The molecule has 1 aliphatic heterocycles. The number of aromatic nitrogens is 1. The quantitative estimate of drug-likeness (QED) is 0.287. The lowest BCUT2D eigenvalue weighted by Gasteiger charge is -2.50. The normalized spacial score (nSPS) is 21.1. The van der Waals surface area contributed by atoms with Crippen molar-refractivity contribution < 1.29 is 13.6 Å². The summed E-state index contributed by atoms with van der Waals surface area (Å²) in [6.45, 7) is 9.51. The molecule has 0 radical (unpaired) electrons. The summed E-state index contributed by atoms with van der Waals surface area (Å²) in [7, 11) is 6.77. The molecule has 6 heteroatoms. The van der Waals surface area contributed by atoms with Crippen LogP contribution in [-0.2, 0) is 12.0 Å². The van der Waals surface area contributed by atoms with Crippen molar-refractivity contribution in [2.45, 2.75) is 64.5 Å². The molecule has 0 saturated heterocycles. The summed E-state index contributed by atoms with van der Waals surface area (Å²) < 4.78 is 15.9. The van der Waals surface area contributed by atoms with Crippen molar-refractivity contribution in [1.82, 2.24) is 14.8 Å². The van der Waals surface area contributed by atoms with E-state index in [9.17, 15) is 9.18 Å². The summed E-state index contributed by atoms with van der Waals surface area (Å²) in [5.41, 5.74) is 4.65. The van der Waals surface area contributed by atoms with E-state index in [2.05, 4.69) is 71.2 Å². The first-order chi connectivity index (χ1) is 17.7. The highest BCUT2D eigenvalue weighted by atomic mass is 19.1. The Bertz CT molecular complexity index is 1120. The maximum absolute atomic E-state index is 11.3. The van der Waals surface area contributed by atoms with Gasteiger partial charge in [-0.2, -0.15) is 0 Å². The summed E-state index contributed by atoms with van der Waals surface area (Å²) in [5.74, 6) is 0.255. The van der Waals surface area contributed by atoms with E-state index in [1.54, 1.807) is 30.7 Å². The van der Waals surface area contributed by atoms with Gasteiger partial charge in [-0.05, 0) is 97.8 Å². The molecule has 1 aromatic carbocycles. The Morgan fingerprint density at radius 2 is 1.81 bits per heavy atom. The molecule has 2 aliphatic rings. The lowest BCUT2D eigenvalue weighted by Crippen LogP contribution is -2.52. The van der Waals surface area contributed by atoms with Crippen LogP contribution in [0.3, 0.4) is 0 Å². The van der Waals surface area contributed by atoms with Crippen LogP contribution >= 0.6 is 0 Å². The second kappa shape index (κ2) is 14.7. The van der Waals surface area contributed by atoms with E-state index in [0.717, 1.165) is 6.04 Å². The fourth-order valence-electron chi connectivity index (χ4n) is 5.13. The molecular weight excluding hydrogens is 465 g/mol. The number of fused-ring (bicyclic) bond motifs is 4. The summed E-state index contributed by atoms with van der Waals surface area (Å²) in [5, 5.41) is 1.44. The van der Waals surface area contributed by atoms with Gasteiger partial charge < -0.3 is 14.3 Å². The number of aldehydes is 1. The molecule has 1 spiro atoms. The maximum atomic E-state index is 11.3. The number of H-pyrrole nitrogens is 1. The second-order valence-corrected chi connectivity index (χ2v) is 9.84.